The second-order valence-electron chi connectivity index (χ2n) is 6.77. The van der Waals surface area contributed by atoms with Crippen LogP contribution >= 0.6 is 0 Å². The van der Waals surface area contributed by atoms with Gasteiger partial charge in [-0.15, -0.1) is 0 Å². The number of aromatic hydroxyl groups is 1. The summed E-state index contributed by atoms with van der Waals surface area (Å²) in [6.45, 7) is 6.53. The first-order valence-electron chi connectivity index (χ1n) is 7.17. The summed E-state index contributed by atoms with van der Waals surface area (Å²) in [5.74, 6) is 0.891. The number of benzene rings is 1. The van der Waals surface area contributed by atoms with E-state index >= 15 is 0 Å². The molecule has 3 heteroatoms. The zero-order valence-corrected chi connectivity index (χ0v) is 12.2. The normalized spacial score (nSPS) is 32.9. The van der Waals surface area contributed by atoms with E-state index in [2.05, 4.69) is 26.1 Å². The number of phenolic OH excluding ortho intramolecular Hbond substituents is 1. The largest absolute Gasteiger partial charge is 0.508 e. The standard InChI is InChI=1S/C17H21NO2/c1-16(2)14-8-9-17(16,3)15(20)13(14)10-18-11-4-6-12(19)7-5-11/h4-7,10,14,18-19H,8-9H2,1-3H3/b13-10-. The molecule has 2 N–H and O–H groups in total. The van der Waals surface area contributed by atoms with Crippen LogP contribution in [-0.4, -0.2) is 10.9 Å². The molecule has 2 bridgehead atoms. The Bertz CT molecular complexity index is 586. The van der Waals surface area contributed by atoms with E-state index in [1.807, 2.05) is 6.20 Å². The molecule has 2 fully saturated rings. The van der Waals surface area contributed by atoms with E-state index < -0.39 is 0 Å². The fraction of sp³-hybridized carbons (Fsp3) is 0.471. The van der Waals surface area contributed by atoms with Crippen LogP contribution in [0.15, 0.2) is 36.0 Å². The van der Waals surface area contributed by atoms with Crippen LogP contribution in [0.2, 0.25) is 0 Å². The molecule has 1 aromatic carbocycles. The van der Waals surface area contributed by atoms with E-state index in [1.165, 1.54) is 0 Å². The highest BCUT2D eigenvalue weighted by Gasteiger charge is 2.63. The summed E-state index contributed by atoms with van der Waals surface area (Å²) in [5, 5.41) is 12.5. The lowest BCUT2D eigenvalue weighted by Crippen LogP contribution is -2.32. The highest BCUT2D eigenvalue weighted by molar-refractivity contribution is 6.04. The van der Waals surface area contributed by atoms with Crippen molar-refractivity contribution in [2.24, 2.45) is 16.7 Å². The van der Waals surface area contributed by atoms with Crippen LogP contribution in [0.25, 0.3) is 0 Å². The quantitative estimate of drug-likeness (QED) is 0.636. The first-order chi connectivity index (χ1) is 9.36. The van der Waals surface area contributed by atoms with Crippen molar-refractivity contribution in [1.29, 1.82) is 0 Å². The Balaban J connectivity index is 1.87. The highest BCUT2D eigenvalue weighted by atomic mass is 16.3. The summed E-state index contributed by atoms with van der Waals surface area (Å²) >= 11 is 0. The molecule has 2 unspecified atom stereocenters. The number of nitrogens with one attached hydrogen (secondary N) is 1. The van der Waals surface area contributed by atoms with Gasteiger partial charge in [0.1, 0.15) is 5.75 Å². The average molecular weight is 271 g/mol. The molecule has 0 amide bonds. The molecule has 20 heavy (non-hydrogen) atoms. The Morgan fingerprint density at radius 3 is 2.45 bits per heavy atom. The van der Waals surface area contributed by atoms with Gasteiger partial charge < -0.3 is 10.4 Å². The Kier molecular flexibility index (Phi) is 2.72. The molecule has 0 spiro atoms. The smallest absolute Gasteiger partial charge is 0.167 e. The van der Waals surface area contributed by atoms with E-state index in [-0.39, 0.29) is 16.6 Å². The third-order valence-corrected chi connectivity index (χ3v) is 5.63. The maximum absolute atomic E-state index is 12.6. The lowest BCUT2D eigenvalue weighted by atomic mass is 9.70. The summed E-state index contributed by atoms with van der Waals surface area (Å²) in [5.41, 5.74) is 1.65. The minimum atomic E-state index is -0.208. The predicted octanol–water partition coefficient (Wildman–Crippen LogP) is 3.71. The number of carbonyl (C=O) groups excluding carboxylic acids is 1. The van der Waals surface area contributed by atoms with E-state index in [9.17, 15) is 9.90 Å². The molecule has 3 nitrogen and oxygen atoms in total. The molecule has 2 saturated carbocycles. The van der Waals surface area contributed by atoms with Crippen LogP contribution in [0.3, 0.4) is 0 Å². The number of ketones is 1. The molecular weight excluding hydrogens is 250 g/mol. The van der Waals surface area contributed by atoms with Crippen molar-refractivity contribution < 1.29 is 9.90 Å². The van der Waals surface area contributed by atoms with Crippen molar-refractivity contribution in [2.45, 2.75) is 33.6 Å². The molecule has 0 aliphatic heterocycles. The minimum Gasteiger partial charge on any atom is -0.508 e. The molecule has 2 aliphatic carbocycles. The molecule has 106 valence electrons. The fourth-order valence-electron chi connectivity index (χ4n) is 3.81. The third-order valence-electron chi connectivity index (χ3n) is 5.63. The summed E-state index contributed by atoms with van der Waals surface area (Å²) in [7, 11) is 0. The van der Waals surface area contributed by atoms with E-state index in [1.54, 1.807) is 24.3 Å². The number of carbonyl (C=O) groups is 1. The Morgan fingerprint density at radius 1 is 1.25 bits per heavy atom. The fourth-order valence-corrected chi connectivity index (χ4v) is 3.81. The van der Waals surface area contributed by atoms with Gasteiger partial charge in [0.2, 0.25) is 0 Å². The molecule has 3 rings (SSSR count). The summed E-state index contributed by atoms with van der Waals surface area (Å²) in [6.07, 6.45) is 3.96. The Morgan fingerprint density at radius 2 is 1.90 bits per heavy atom. The maximum Gasteiger partial charge on any atom is 0.167 e. The topological polar surface area (TPSA) is 49.3 Å². The Labute approximate surface area is 119 Å². The van der Waals surface area contributed by atoms with Gasteiger partial charge in [0.15, 0.2) is 5.78 Å². The van der Waals surface area contributed by atoms with Gasteiger partial charge >= 0.3 is 0 Å². The van der Waals surface area contributed by atoms with Gasteiger partial charge in [-0.1, -0.05) is 20.8 Å². The molecule has 0 saturated heterocycles. The number of fused-ring (bicyclic) bond motifs is 2. The van der Waals surface area contributed by atoms with E-state index in [0.29, 0.717) is 11.7 Å². The number of anilines is 1. The van der Waals surface area contributed by atoms with Crippen molar-refractivity contribution in [3.05, 3.63) is 36.0 Å². The molecule has 0 aromatic heterocycles. The zero-order chi connectivity index (χ0) is 14.5. The van der Waals surface area contributed by atoms with Crippen molar-refractivity contribution >= 4 is 11.5 Å². The van der Waals surface area contributed by atoms with Crippen LogP contribution in [0.4, 0.5) is 5.69 Å². The molecule has 2 aliphatic rings. The van der Waals surface area contributed by atoms with Gasteiger partial charge in [0.25, 0.3) is 0 Å². The second kappa shape index (κ2) is 4.11. The van der Waals surface area contributed by atoms with Crippen LogP contribution < -0.4 is 5.32 Å². The monoisotopic (exact) mass is 271 g/mol. The highest BCUT2D eigenvalue weighted by Crippen LogP contribution is 2.65. The molecular formula is C17H21NO2. The van der Waals surface area contributed by atoms with Crippen molar-refractivity contribution in [3.63, 3.8) is 0 Å². The number of phenols is 1. The van der Waals surface area contributed by atoms with Gasteiger partial charge in [0, 0.05) is 22.9 Å². The predicted molar refractivity (Wildman–Crippen MR) is 79.4 cm³/mol. The van der Waals surface area contributed by atoms with Gasteiger partial charge in [0.05, 0.1) is 0 Å². The van der Waals surface area contributed by atoms with Gasteiger partial charge in [-0.05, 0) is 48.4 Å². The SMILES string of the molecule is CC12CCC(/C(=C/Nc3ccc(O)cc3)C1=O)C2(C)C. The number of allylic oxidation sites excluding steroid dienone is 1. The Hall–Kier alpha value is -1.77. The lowest BCUT2D eigenvalue weighted by molar-refractivity contribution is -0.125. The molecule has 1 aromatic rings. The number of hydrogen-bond donors (Lipinski definition) is 2. The van der Waals surface area contributed by atoms with Crippen LogP contribution in [0.1, 0.15) is 33.6 Å². The van der Waals surface area contributed by atoms with Crippen molar-refractivity contribution in [2.75, 3.05) is 5.32 Å². The first kappa shape index (κ1) is 13.2. The van der Waals surface area contributed by atoms with Gasteiger partial charge in [-0.2, -0.15) is 0 Å². The van der Waals surface area contributed by atoms with Crippen LogP contribution in [-0.2, 0) is 4.79 Å². The summed E-state index contributed by atoms with van der Waals surface area (Å²) in [6, 6.07) is 6.87. The molecule has 0 heterocycles. The lowest BCUT2D eigenvalue weighted by Gasteiger charge is -2.31. The van der Waals surface area contributed by atoms with E-state index in [0.717, 1.165) is 24.1 Å². The molecule has 2 atom stereocenters. The molecule has 0 radical (unpaired) electrons. The van der Waals surface area contributed by atoms with Crippen LogP contribution in [0.5, 0.6) is 5.75 Å². The first-order valence-corrected chi connectivity index (χ1v) is 7.17. The number of hydrogen-bond acceptors (Lipinski definition) is 3. The zero-order valence-electron chi connectivity index (χ0n) is 12.2. The van der Waals surface area contributed by atoms with Crippen molar-refractivity contribution in [1.82, 2.24) is 0 Å². The minimum absolute atomic E-state index is 0.0482. The summed E-state index contributed by atoms with van der Waals surface area (Å²) in [4.78, 5) is 12.6. The maximum atomic E-state index is 12.6. The van der Waals surface area contributed by atoms with E-state index in [4.69, 9.17) is 0 Å². The third kappa shape index (κ3) is 1.62. The average Bonchev–Trinajstić information content (AvgIpc) is 2.71. The van der Waals surface area contributed by atoms with Gasteiger partial charge in [-0.3, -0.25) is 4.79 Å². The summed E-state index contributed by atoms with van der Waals surface area (Å²) < 4.78 is 0. The van der Waals surface area contributed by atoms with Gasteiger partial charge in [-0.25, -0.2) is 0 Å². The van der Waals surface area contributed by atoms with Crippen LogP contribution in [0, 0.1) is 16.7 Å². The van der Waals surface area contributed by atoms with Crippen molar-refractivity contribution in [3.8, 4) is 5.75 Å². The number of Topliss-reactive ketones (excluding diaryl/α,β-unsaturated/α-hetero) is 1. The number of rotatable bonds is 2. The second-order valence-corrected chi connectivity index (χ2v) is 6.77.